The SMILES string of the molecule is COCC(C)(CO)NC(=O)c1cc(CC(=O)Cc2cc(Cl)ccc2O)ccn1. The van der Waals surface area contributed by atoms with E-state index in [0.29, 0.717) is 16.1 Å². The van der Waals surface area contributed by atoms with E-state index in [1.807, 2.05) is 0 Å². The molecule has 1 heterocycles. The van der Waals surface area contributed by atoms with Gasteiger partial charge in [-0.3, -0.25) is 14.6 Å². The number of hydrogen-bond donors (Lipinski definition) is 3. The number of amides is 1. The summed E-state index contributed by atoms with van der Waals surface area (Å²) in [6.07, 6.45) is 1.54. The molecule has 0 aliphatic heterocycles. The molecule has 3 N–H and O–H groups in total. The van der Waals surface area contributed by atoms with E-state index in [0.717, 1.165) is 0 Å². The monoisotopic (exact) mass is 406 g/mol. The largest absolute Gasteiger partial charge is 0.508 e. The quantitative estimate of drug-likeness (QED) is 0.587. The molecule has 1 amide bonds. The van der Waals surface area contributed by atoms with Crippen LogP contribution in [0, 0.1) is 0 Å². The van der Waals surface area contributed by atoms with E-state index >= 15 is 0 Å². The average molecular weight is 407 g/mol. The molecule has 2 aromatic rings. The summed E-state index contributed by atoms with van der Waals surface area (Å²) < 4.78 is 5.02. The van der Waals surface area contributed by atoms with Crippen LogP contribution in [0.5, 0.6) is 5.75 Å². The first-order chi connectivity index (χ1) is 13.3. The Morgan fingerprint density at radius 2 is 2.00 bits per heavy atom. The topological polar surface area (TPSA) is 109 Å². The maximum Gasteiger partial charge on any atom is 0.270 e. The Balaban J connectivity index is 2.07. The van der Waals surface area contributed by atoms with E-state index in [4.69, 9.17) is 16.3 Å². The van der Waals surface area contributed by atoms with Gasteiger partial charge in [-0.1, -0.05) is 11.6 Å². The van der Waals surface area contributed by atoms with Crippen LogP contribution in [0.25, 0.3) is 0 Å². The van der Waals surface area contributed by atoms with Crippen molar-refractivity contribution in [3.05, 3.63) is 58.4 Å². The fourth-order valence-electron chi connectivity index (χ4n) is 2.68. The second kappa shape index (κ2) is 9.64. The van der Waals surface area contributed by atoms with Crippen molar-refractivity contribution in [3.8, 4) is 5.75 Å². The van der Waals surface area contributed by atoms with Crippen molar-refractivity contribution in [2.75, 3.05) is 20.3 Å². The normalized spacial score (nSPS) is 13.0. The van der Waals surface area contributed by atoms with Crippen LogP contribution in [-0.2, 0) is 22.4 Å². The van der Waals surface area contributed by atoms with Crippen LogP contribution in [0.3, 0.4) is 0 Å². The maximum absolute atomic E-state index is 12.4. The number of aliphatic hydroxyl groups excluding tert-OH is 1. The zero-order chi connectivity index (χ0) is 20.7. The molecular formula is C20H23ClN2O5. The van der Waals surface area contributed by atoms with Crippen molar-refractivity contribution in [1.29, 1.82) is 0 Å². The Labute approximate surface area is 168 Å². The smallest absolute Gasteiger partial charge is 0.270 e. The second-order valence-electron chi connectivity index (χ2n) is 6.82. The van der Waals surface area contributed by atoms with Crippen LogP contribution in [0.2, 0.25) is 5.02 Å². The molecule has 0 saturated carbocycles. The summed E-state index contributed by atoms with van der Waals surface area (Å²) >= 11 is 5.90. The van der Waals surface area contributed by atoms with Gasteiger partial charge in [-0.15, -0.1) is 0 Å². The van der Waals surface area contributed by atoms with Gasteiger partial charge in [0.1, 0.15) is 17.2 Å². The van der Waals surface area contributed by atoms with Crippen LogP contribution in [-0.4, -0.2) is 52.7 Å². The number of Topliss-reactive ketones (excluding diaryl/α,β-unsaturated/α-hetero) is 1. The molecule has 7 nitrogen and oxygen atoms in total. The van der Waals surface area contributed by atoms with E-state index in [-0.39, 0.29) is 43.3 Å². The first kappa shape index (κ1) is 21.8. The number of aromatic nitrogens is 1. The van der Waals surface area contributed by atoms with E-state index in [1.165, 1.54) is 25.4 Å². The molecule has 1 atom stereocenters. The Morgan fingerprint density at radius 1 is 1.25 bits per heavy atom. The third-order valence-corrected chi connectivity index (χ3v) is 4.35. The molecule has 0 aliphatic carbocycles. The number of ether oxygens (including phenoxy) is 1. The van der Waals surface area contributed by atoms with Gasteiger partial charge in [0.25, 0.3) is 5.91 Å². The average Bonchev–Trinajstić information content (AvgIpc) is 2.65. The number of nitrogens with one attached hydrogen (secondary N) is 1. The second-order valence-corrected chi connectivity index (χ2v) is 7.26. The highest BCUT2D eigenvalue weighted by Gasteiger charge is 2.26. The van der Waals surface area contributed by atoms with Crippen molar-refractivity contribution in [1.82, 2.24) is 10.3 Å². The summed E-state index contributed by atoms with van der Waals surface area (Å²) in [5, 5.41) is 22.4. The molecule has 2 rings (SSSR count). The molecule has 28 heavy (non-hydrogen) atoms. The number of aliphatic hydroxyl groups is 1. The molecule has 1 unspecified atom stereocenters. The first-order valence-electron chi connectivity index (χ1n) is 8.62. The molecule has 0 spiro atoms. The van der Waals surface area contributed by atoms with Crippen LogP contribution >= 0.6 is 11.6 Å². The number of carbonyl (C=O) groups is 2. The van der Waals surface area contributed by atoms with Crippen LogP contribution < -0.4 is 5.32 Å². The minimum absolute atomic E-state index is 0.00831. The van der Waals surface area contributed by atoms with Crippen molar-refractivity contribution in [3.63, 3.8) is 0 Å². The zero-order valence-corrected chi connectivity index (χ0v) is 16.5. The Bertz CT molecular complexity index is 858. The summed E-state index contributed by atoms with van der Waals surface area (Å²) in [5.74, 6) is -0.612. The van der Waals surface area contributed by atoms with Gasteiger partial charge in [0.2, 0.25) is 0 Å². The summed E-state index contributed by atoms with van der Waals surface area (Å²) in [4.78, 5) is 28.8. The summed E-state index contributed by atoms with van der Waals surface area (Å²) in [6, 6.07) is 7.70. The lowest BCUT2D eigenvalue weighted by atomic mass is 10.0. The lowest BCUT2D eigenvalue weighted by molar-refractivity contribution is -0.117. The number of carbonyl (C=O) groups excluding carboxylic acids is 2. The Morgan fingerprint density at radius 3 is 2.68 bits per heavy atom. The van der Waals surface area contributed by atoms with Crippen LogP contribution in [0.4, 0.5) is 0 Å². The molecule has 150 valence electrons. The lowest BCUT2D eigenvalue weighted by Gasteiger charge is -2.27. The number of phenols is 1. The van der Waals surface area contributed by atoms with Crippen molar-refractivity contribution in [2.24, 2.45) is 0 Å². The van der Waals surface area contributed by atoms with Crippen molar-refractivity contribution < 1.29 is 24.5 Å². The number of halogens is 1. The number of methoxy groups -OCH3 is 1. The summed E-state index contributed by atoms with van der Waals surface area (Å²) in [6.45, 7) is 1.49. The van der Waals surface area contributed by atoms with Crippen molar-refractivity contribution >= 4 is 23.3 Å². The Kier molecular flexibility index (Phi) is 7.51. The van der Waals surface area contributed by atoms with Crippen LogP contribution in [0.15, 0.2) is 36.5 Å². The number of pyridine rings is 1. The summed E-state index contributed by atoms with van der Waals surface area (Å²) in [5.41, 5.74) is 0.252. The van der Waals surface area contributed by atoms with Gasteiger partial charge in [-0.05, 0) is 42.8 Å². The van der Waals surface area contributed by atoms with E-state index in [1.54, 1.807) is 25.1 Å². The number of hydrogen-bond acceptors (Lipinski definition) is 6. The fourth-order valence-corrected chi connectivity index (χ4v) is 2.88. The number of rotatable bonds is 9. The third kappa shape index (κ3) is 6.02. The standard InChI is InChI=1S/C20H23ClN2O5/c1-20(11-24,12-28-2)23-19(27)17-8-13(5-6-22-17)7-16(25)10-14-9-15(21)3-4-18(14)26/h3-6,8-9,24,26H,7,10-12H2,1-2H3,(H,23,27). The highest BCUT2D eigenvalue weighted by atomic mass is 35.5. The summed E-state index contributed by atoms with van der Waals surface area (Å²) in [7, 11) is 1.47. The molecule has 1 aromatic carbocycles. The number of aromatic hydroxyl groups is 1. The number of phenolic OH excluding ortho intramolecular Hbond substituents is 1. The molecule has 1 aromatic heterocycles. The predicted molar refractivity (Wildman–Crippen MR) is 105 cm³/mol. The number of ketones is 1. The van der Waals surface area contributed by atoms with Gasteiger partial charge in [0.05, 0.1) is 18.8 Å². The van der Waals surface area contributed by atoms with Crippen molar-refractivity contribution in [2.45, 2.75) is 25.3 Å². The van der Waals surface area contributed by atoms with E-state index in [9.17, 15) is 19.8 Å². The third-order valence-electron chi connectivity index (χ3n) is 4.11. The van der Waals surface area contributed by atoms with E-state index in [2.05, 4.69) is 10.3 Å². The van der Waals surface area contributed by atoms with Gasteiger partial charge in [-0.25, -0.2) is 0 Å². The predicted octanol–water partition coefficient (Wildman–Crippen LogP) is 1.92. The molecule has 0 bridgehead atoms. The number of benzene rings is 1. The van der Waals surface area contributed by atoms with Gasteiger partial charge in [0.15, 0.2) is 0 Å². The van der Waals surface area contributed by atoms with Gasteiger partial charge >= 0.3 is 0 Å². The molecule has 8 heteroatoms. The van der Waals surface area contributed by atoms with Gasteiger partial charge in [-0.2, -0.15) is 0 Å². The van der Waals surface area contributed by atoms with Gasteiger partial charge in [0, 0.05) is 36.7 Å². The van der Waals surface area contributed by atoms with Gasteiger partial charge < -0.3 is 20.3 Å². The maximum atomic E-state index is 12.4. The minimum atomic E-state index is -0.941. The highest BCUT2D eigenvalue weighted by molar-refractivity contribution is 6.30. The molecule has 0 radical (unpaired) electrons. The van der Waals surface area contributed by atoms with E-state index < -0.39 is 11.4 Å². The molecular weight excluding hydrogens is 384 g/mol. The zero-order valence-electron chi connectivity index (χ0n) is 15.7. The Hall–Kier alpha value is -2.48. The molecule has 0 aliphatic rings. The van der Waals surface area contributed by atoms with Crippen LogP contribution in [0.1, 0.15) is 28.5 Å². The molecule has 0 fully saturated rings. The number of nitrogens with zero attached hydrogens (tertiary/aromatic N) is 1. The lowest BCUT2D eigenvalue weighted by Crippen LogP contribution is -2.52. The highest BCUT2D eigenvalue weighted by Crippen LogP contribution is 2.22. The first-order valence-corrected chi connectivity index (χ1v) is 9.00. The minimum Gasteiger partial charge on any atom is -0.508 e. The fraction of sp³-hybridized carbons (Fsp3) is 0.350. The molecule has 0 saturated heterocycles.